The molecule has 0 fully saturated rings. The number of hydrogen-bond acceptors (Lipinski definition) is 2. The highest BCUT2D eigenvalue weighted by Gasteiger charge is 2.02. The first-order chi connectivity index (χ1) is 7.70. The molecule has 0 spiro atoms. The van der Waals surface area contributed by atoms with Gasteiger partial charge in [0, 0.05) is 17.9 Å². The second kappa shape index (κ2) is 7.14. The first kappa shape index (κ1) is 12.9. The summed E-state index contributed by atoms with van der Waals surface area (Å²) in [4.78, 5) is 11.5. The van der Waals surface area contributed by atoms with Crippen molar-refractivity contribution < 1.29 is 13.6 Å². The second-order valence-electron chi connectivity index (χ2n) is 3.35. The number of carbonyl (C=O) groups excluding carboxylic acids is 1. The SMILES string of the molecule is O=C(NCCCCS(=O)O)c1ccccc1. The van der Waals surface area contributed by atoms with Gasteiger partial charge in [-0.2, -0.15) is 0 Å². The maximum absolute atomic E-state index is 11.5. The predicted octanol–water partition coefficient (Wildman–Crippen LogP) is 1.42. The molecule has 0 saturated carbocycles. The van der Waals surface area contributed by atoms with E-state index in [9.17, 15) is 9.00 Å². The van der Waals surface area contributed by atoms with Crippen LogP contribution in [-0.2, 0) is 11.1 Å². The molecule has 1 atom stereocenters. The summed E-state index contributed by atoms with van der Waals surface area (Å²) in [6, 6.07) is 8.97. The first-order valence-corrected chi connectivity index (χ1v) is 6.38. The summed E-state index contributed by atoms with van der Waals surface area (Å²) in [6.45, 7) is 0.533. The molecule has 0 saturated heterocycles. The van der Waals surface area contributed by atoms with Crippen LogP contribution in [0.4, 0.5) is 0 Å². The van der Waals surface area contributed by atoms with Gasteiger partial charge < -0.3 is 9.87 Å². The van der Waals surface area contributed by atoms with Gasteiger partial charge in [-0.1, -0.05) is 18.2 Å². The van der Waals surface area contributed by atoms with Crippen LogP contribution in [0.3, 0.4) is 0 Å². The van der Waals surface area contributed by atoms with E-state index in [1.165, 1.54) is 0 Å². The van der Waals surface area contributed by atoms with Crippen molar-refractivity contribution in [2.45, 2.75) is 12.8 Å². The Hall–Kier alpha value is -1.20. The summed E-state index contributed by atoms with van der Waals surface area (Å²) in [5.74, 6) is 0.159. The zero-order chi connectivity index (χ0) is 11.8. The van der Waals surface area contributed by atoms with Gasteiger partial charge in [-0.15, -0.1) is 0 Å². The Morgan fingerprint density at radius 3 is 2.56 bits per heavy atom. The van der Waals surface area contributed by atoms with Gasteiger partial charge in [0.2, 0.25) is 0 Å². The number of rotatable bonds is 6. The molecule has 1 amide bonds. The van der Waals surface area contributed by atoms with E-state index in [4.69, 9.17) is 4.55 Å². The van der Waals surface area contributed by atoms with Crippen LogP contribution in [0.5, 0.6) is 0 Å². The molecule has 0 radical (unpaired) electrons. The fourth-order valence-corrected chi connectivity index (χ4v) is 1.70. The van der Waals surface area contributed by atoms with Crippen molar-refractivity contribution in [2.24, 2.45) is 0 Å². The average Bonchev–Trinajstić information content (AvgIpc) is 2.29. The predicted molar refractivity (Wildman–Crippen MR) is 63.6 cm³/mol. The smallest absolute Gasteiger partial charge is 0.251 e. The molecule has 5 heteroatoms. The minimum atomic E-state index is -1.73. The molecule has 1 aromatic carbocycles. The van der Waals surface area contributed by atoms with E-state index in [-0.39, 0.29) is 11.7 Å². The lowest BCUT2D eigenvalue weighted by Gasteiger charge is -2.04. The highest BCUT2D eigenvalue weighted by molar-refractivity contribution is 7.79. The zero-order valence-electron chi connectivity index (χ0n) is 8.89. The fourth-order valence-electron chi connectivity index (χ4n) is 1.24. The minimum Gasteiger partial charge on any atom is -0.352 e. The molecule has 0 aliphatic rings. The average molecular weight is 241 g/mol. The van der Waals surface area contributed by atoms with Crippen LogP contribution < -0.4 is 5.32 Å². The molecule has 1 unspecified atom stereocenters. The van der Waals surface area contributed by atoms with Gasteiger partial charge >= 0.3 is 0 Å². The Balaban J connectivity index is 2.19. The van der Waals surface area contributed by atoms with E-state index in [2.05, 4.69) is 5.32 Å². The topological polar surface area (TPSA) is 66.4 Å². The molecule has 0 aliphatic heterocycles. The highest BCUT2D eigenvalue weighted by atomic mass is 32.2. The molecule has 2 N–H and O–H groups in total. The molecular formula is C11H15NO3S. The van der Waals surface area contributed by atoms with Crippen LogP contribution in [-0.4, -0.2) is 27.0 Å². The lowest BCUT2D eigenvalue weighted by atomic mass is 10.2. The molecule has 88 valence electrons. The summed E-state index contributed by atoms with van der Waals surface area (Å²) in [6.07, 6.45) is 1.35. The maximum atomic E-state index is 11.5. The first-order valence-electron chi connectivity index (χ1n) is 5.11. The van der Waals surface area contributed by atoms with Gasteiger partial charge in [0.25, 0.3) is 5.91 Å². The zero-order valence-corrected chi connectivity index (χ0v) is 9.70. The van der Waals surface area contributed by atoms with Gasteiger partial charge in [-0.05, 0) is 25.0 Å². The summed E-state index contributed by atoms with van der Waals surface area (Å²) >= 11 is -1.73. The number of benzene rings is 1. The third kappa shape index (κ3) is 5.04. The van der Waals surface area contributed by atoms with E-state index in [0.717, 1.165) is 0 Å². The number of hydrogen-bond donors (Lipinski definition) is 2. The number of unbranched alkanes of at least 4 members (excludes halogenated alkanes) is 1. The van der Waals surface area contributed by atoms with Crippen molar-refractivity contribution in [3.05, 3.63) is 35.9 Å². The molecule has 1 aromatic rings. The van der Waals surface area contributed by atoms with Crippen LogP contribution in [0.1, 0.15) is 23.2 Å². The van der Waals surface area contributed by atoms with Crippen molar-refractivity contribution in [3.8, 4) is 0 Å². The summed E-state index contributed by atoms with van der Waals surface area (Å²) < 4.78 is 18.9. The molecule has 0 heterocycles. The Kier molecular flexibility index (Phi) is 5.74. The van der Waals surface area contributed by atoms with Gasteiger partial charge in [-0.25, -0.2) is 4.21 Å². The van der Waals surface area contributed by atoms with Gasteiger partial charge in [0.15, 0.2) is 11.1 Å². The standard InChI is InChI=1S/C11H15NO3S/c13-11(10-6-2-1-3-7-10)12-8-4-5-9-16(14)15/h1-3,6-7H,4-5,8-9H2,(H,12,13)(H,14,15). The minimum absolute atomic E-state index is 0.106. The Bertz CT molecular complexity index is 354. The lowest BCUT2D eigenvalue weighted by Crippen LogP contribution is -2.24. The van der Waals surface area contributed by atoms with E-state index in [0.29, 0.717) is 24.9 Å². The lowest BCUT2D eigenvalue weighted by molar-refractivity contribution is 0.0953. The molecule has 0 bridgehead atoms. The number of nitrogens with one attached hydrogen (secondary N) is 1. The monoisotopic (exact) mass is 241 g/mol. The van der Waals surface area contributed by atoms with E-state index in [1.807, 2.05) is 18.2 Å². The van der Waals surface area contributed by atoms with E-state index >= 15 is 0 Å². The van der Waals surface area contributed by atoms with Crippen LogP contribution in [0, 0.1) is 0 Å². The normalized spacial score (nSPS) is 12.1. The molecule has 4 nitrogen and oxygen atoms in total. The largest absolute Gasteiger partial charge is 0.352 e. The highest BCUT2D eigenvalue weighted by Crippen LogP contribution is 1.98. The Morgan fingerprint density at radius 2 is 1.94 bits per heavy atom. The summed E-state index contributed by atoms with van der Waals surface area (Å²) in [5.41, 5.74) is 0.633. The van der Waals surface area contributed by atoms with Crippen molar-refractivity contribution in [1.29, 1.82) is 0 Å². The van der Waals surface area contributed by atoms with Crippen LogP contribution >= 0.6 is 0 Å². The third-order valence-corrected chi connectivity index (χ3v) is 2.71. The molecule has 16 heavy (non-hydrogen) atoms. The van der Waals surface area contributed by atoms with Gasteiger partial charge in [0.1, 0.15) is 0 Å². The summed E-state index contributed by atoms with van der Waals surface area (Å²) in [7, 11) is 0. The third-order valence-electron chi connectivity index (χ3n) is 2.07. The van der Waals surface area contributed by atoms with Crippen LogP contribution in [0.2, 0.25) is 0 Å². The van der Waals surface area contributed by atoms with Crippen molar-refractivity contribution in [3.63, 3.8) is 0 Å². The Labute approximate surface area is 97.3 Å². The van der Waals surface area contributed by atoms with Gasteiger partial charge in [-0.3, -0.25) is 4.79 Å². The summed E-state index contributed by atoms with van der Waals surface area (Å²) in [5, 5.41) is 2.75. The van der Waals surface area contributed by atoms with Crippen LogP contribution in [0.15, 0.2) is 30.3 Å². The Morgan fingerprint density at radius 1 is 1.25 bits per heavy atom. The molecule has 0 aromatic heterocycles. The van der Waals surface area contributed by atoms with Gasteiger partial charge in [0.05, 0.1) is 0 Å². The van der Waals surface area contributed by atoms with Crippen molar-refractivity contribution in [2.75, 3.05) is 12.3 Å². The maximum Gasteiger partial charge on any atom is 0.251 e. The molecular weight excluding hydrogens is 226 g/mol. The molecule has 0 aliphatic carbocycles. The van der Waals surface area contributed by atoms with Crippen LogP contribution in [0.25, 0.3) is 0 Å². The molecule has 1 rings (SSSR count). The second-order valence-corrected chi connectivity index (χ2v) is 4.41. The quantitative estimate of drug-likeness (QED) is 0.584. The number of carbonyl (C=O) groups is 1. The van der Waals surface area contributed by atoms with Crippen molar-refractivity contribution >= 4 is 17.0 Å². The van der Waals surface area contributed by atoms with E-state index in [1.54, 1.807) is 12.1 Å². The van der Waals surface area contributed by atoms with E-state index < -0.39 is 11.1 Å². The fraction of sp³-hybridized carbons (Fsp3) is 0.364. The number of amides is 1. The van der Waals surface area contributed by atoms with Crippen molar-refractivity contribution in [1.82, 2.24) is 5.32 Å².